The minimum absolute atomic E-state index is 0.591. The molecule has 5 nitrogen and oxygen atoms in total. The van der Waals surface area contributed by atoms with Crippen molar-refractivity contribution in [2.24, 2.45) is 0 Å². The second kappa shape index (κ2) is 3.66. The van der Waals surface area contributed by atoms with E-state index < -0.39 is 0 Å². The van der Waals surface area contributed by atoms with Crippen LogP contribution in [0.1, 0.15) is 36.1 Å². The van der Waals surface area contributed by atoms with E-state index in [-0.39, 0.29) is 0 Å². The quantitative estimate of drug-likeness (QED) is 0.735. The Bertz CT molecular complexity index is 692. The first kappa shape index (κ1) is 9.82. The molecule has 1 aromatic carbocycles. The molecule has 2 N–H and O–H groups in total. The molecule has 2 aromatic heterocycles. The summed E-state index contributed by atoms with van der Waals surface area (Å²) in [6, 6.07) is 8.10. The van der Waals surface area contributed by atoms with Crippen molar-refractivity contribution in [3.63, 3.8) is 0 Å². The van der Waals surface area contributed by atoms with Crippen LogP contribution in [-0.4, -0.2) is 25.4 Å². The van der Waals surface area contributed by atoms with Crippen LogP contribution in [0.15, 0.2) is 24.3 Å². The zero-order valence-electron chi connectivity index (χ0n) is 9.85. The van der Waals surface area contributed by atoms with E-state index >= 15 is 0 Å². The molecule has 0 aliphatic heterocycles. The van der Waals surface area contributed by atoms with Gasteiger partial charge in [0.2, 0.25) is 0 Å². The summed E-state index contributed by atoms with van der Waals surface area (Å²) in [6.45, 7) is 0. The first-order valence-corrected chi connectivity index (χ1v) is 6.23. The average Bonchev–Trinajstić information content (AvgIpc) is 3.02. The second-order valence-electron chi connectivity index (χ2n) is 4.81. The number of H-pyrrole nitrogens is 2. The van der Waals surface area contributed by atoms with E-state index in [1.165, 1.54) is 12.8 Å². The first-order valence-electron chi connectivity index (χ1n) is 6.23. The van der Waals surface area contributed by atoms with Gasteiger partial charge in [0.15, 0.2) is 5.82 Å². The van der Waals surface area contributed by atoms with Crippen LogP contribution in [0, 0.1) is 0 Å². The molecule has 1 fully saturated rings. The number of hydrogen-bond donors (Lipinski definition) is 2. The van der Waals surface area contributed by atoms with Crippen LogP contribution in [0.5, 0.6) is 0 Å². The van der Waals surface area contributed by atoms with Gasteiger partial charge in [-0.3, -0.25) is 10.2 Å². The van der Waals surface area contributed by atoms with E-state index in [0.29, 0.717) is 5.92 Å². The van der Waals surface area contributed by atoms with Crippen molar-refractivity contribution in [2.75, 3.05) is 0 Å². The van der Waals surface area contributed by atoms with Gasteiger partial charge in [0.05, 0.1) is 11.2 Å². The minimum atomic E-state index is 0.591. The van der Waals surface area contributed by atoms with Crippen molar-refractivity contribution in [2.45, 2.75) is 25.2 Å². The molecule has 3 aromatic rings. The summed E-state index contributed by atoms with van der Waals surface area (Å²) >= 11 is 0. The molecule has 2 heterocycles. The predicted octanol–water partition coefficient (Wildman–Crippen LogP) is 2.15. The third-order valence-electron chi connectivity index (χ3n) is 3.38. The fraction of sp³-hybridized carbons (Fsp3) is 0.308. The third kappa shape index (κ3) is 1.59. The number of nitrogens with zero attached hydrogens (tertiary/aromatic N) is 3. The summed E-state index contributed by atoms with van der Waals surface area (Å²) in [6.07, 6.45) is 3.18. The van der Waals surface area contributed by atoms with Crippen molar-refractivity contribution in [3.8, 4) is 0 Å². The Morgan fingerprint density at radius 2 is 2.00 bits per heavy atom. The largest absolute Gasteiger partial charge is 0.281 e. The molecule has 1 aliphatic carbocycles. The highest BCUT2D eigenvalue weighted by Gasteiger charge is 2.27. The van der Waals surface area contributed by atoms with Gasteiger partial charge in [0.1, 0.15) is 5.82 Å². The van der Waals surface area contributed by atoms with Gasteiger partial charge < -0.3 is 0 Å². The highest BCUT2D eigenvalue weighted by atomic mass is 15.2. The molecule has 0 unspecified atom stereocenters. The highest BCUT2D eigenvalue weighted by Crippen LogP contribution is 2.37. The molecule has 0 atom stereocenters. The summed E-state index contributed by atoms with van der Waals surface area (Å²) in [5.41, 5.74) is 2.08. The Morgan fingerprint density at radius 3 is 2.89 bits per heavy atom. The predicted molar refractivity (Wildman–Crippen MR) is 67.3 cm³/mol. The Morgan fingerprint density at radius 1 is 1.11 bits per heavy atom. The lowest BCUT2D eigenvalue weighted by Gasteiger charge is -1.94. The Labute approximate surface area is 104 Å². The normalized spacial score (nSPS) is 15.3. The molecule has 0 bridgehead atoms. The fourth-order valence-electron chi connectivity index (χ4n) is 2.23. The van der Waals surface area contributed by atoms with Crippen LogP contribution in [0.2, 0.25) is 0 Å². The van der Waals surface area contributed by atoms with Crippen molar-refractivity contribution in [1.29, 1.82) is 0 Å². The molecule has 0 radical (unpaired) electrons. The van der Waals surface area contributed by atoms with E-state index in [2.05, 4.69) is 31.4 Å². The smallest absolute Gasteiger partial charge is 0.153 e. The summed E-state index contributed by atoms with van der Waals surface area (Å²) < 4.78 is 0. The standard InChI is InChI=1S/C13H13N5/c1-2-4-10-9(3-1)11(16-15-10)7-12-14-13(18-17-12)8-5-6-8/h1-4,8H,5-7H2,(H,15,16)(H,14,17,18). The summed E-state index contributed by atoms with van der Waals surface area (Å²) in [5, 5.41) is 15.8. The molecule has 0 spiro atoms. The second-order valence-corrected chi connectivity index (χ2v) is 4.81. The van der Waals surface area contributed by atoms with Crippen LogP contribution in [0.25, 0.3) is 10.9 Å². The first-order chi connectivity index (χ1) is 8.90. The number of benzene rings is 1. The van der Waals surface area contributed by atoms with Crippen molar-refractivity contribution in [1.82, 2.24) is 25.4 Å². The maximum Gasteiger partial charge on any atom is 0.153 e. The van der Waals surface area contributed by atoms with Gasteiger partial charge in [0.25, 0.3) is 0 Å². The number of fused-ring (bicyclic) bond motifs is 1. The lowest BCUT2D eigenvalue weighted by Crippen LogP contribution is -1.92. The van der Waals surface area contributed by atoms with E-state index in [4.69, 9.17) is 0 Å². The molecule has 90 valence electrons. The van der Waals surface area contributed by atoms with Gasteiger partial charge in [-0.15, -0.1) is 0 Å². The van der Waals surface area contributed by atoms with E-state index in [1.807, 2.05) is 18.2 Å². The lowest BCUT2D eigenvalue weighted by atomic mass is 10.1. The molecule has 1 saturated carbocycles. The van der Waals surface area contributed by atoms with Crippen LogP contribution >= 0.6 is 0 Å². The van der Waals surface area contributed by atoms with E-state index in [1.54, 1.807) is 0 Å². The highest BCUT2D eigenvalue weighted by molar-refractivity contribution is 5.81. The number of aromatic nitrogens is 5. The molecule has 1 aliphatic rings. The van der Waals surface area contributed by atoms with Crippen LogP contribution < -0.4 is 0 Å². The molecule has 18 heavy (non-hydrogen) atoms. The molecule has 0 amide bonds. The van der Waals surface area contributed by atoms with E-state index in [9.17, 15) is 0 Å². The van der Waals surface area contributed by atoms with Crippen LogP contribution in [0.4, 0.5) is 0 Å². The van der Waals surface area contributed by atoms with Crippen molar-refractivity contribution >= 4 is 10.9 Å². The Balaban J connectivity index is 1.66. The van der Waals surface area contributed by atoms with Gasteiger partial charge >= 0.3 is 0 Å². The summed E-state index contributed by atoms with van der Waals surface area (Å²) in [4.78, 5) is 4.54. The van der Waals surface area contributed by atoms with E-state index in [0.717, 1.165) is 34.7 Å². The average molecular weight is 239 g/mol. The number of aromatic amines is 2. The molecule has 0 saturated heterocycles. The monoisotopic (exact) mass is 239 g/mol. The summed E-state index contributed by atoms with van der Waals surface area (Å²) in [5.74, 6) is 2.47. The number of para-hydroxylation sites is 1. The van der Waals surface area contributed by atoms with Crippen LogP contribution in [0.3, 0.4) is 0 Å². The number of hydrogen-bond acceptors (Lipinski definition) is 3. The minimum Gasteiger partial charge on any atom is -0.281 e. The molecular weight excluding hydrogens is 226 g/mol. The van der Waals surface area contributed by atoms with Gasteiger partial charge in [-0.1, -0.05) is 18.2 Å². The zero-order chi connectivity index (χ0) is 11.9. The Hall–Kier alpha value is -2.17. The zero-order valence-corrected chi connectivity index (χ0v) is 9.85. The summed E-state index contributed by atoms with van der Waals surface area (Å²) in [7, 11) is 0. The fourth-order valence-corrected chi connectivity index (χ4v) is 2.23. The molecular formula is C13H13N5. The van der Waals surface area contributed by atoms with Gasteiger partial charge in [-0.2, -0.15) is 10.2 Å². The van der Waals surface area contributed by atoms with Crippen LogP contribution in [-0.2, 0) is 6.42 Å². The number of rotatable bonds is 3. The van der Waals surface area contributed by atoms with Crippen molar-refractivity contribution in [3.05, 3.63) is 41.6 Å². The maximum atomic E-state index is 4.54. The Kier molecular flexibility index (Phi) is 2.00. The van der Waals surface area contributed by atoms with Gasteiger partial charge in [0, 0.05) is 17.7 Å². The third-order valence-corrected chi connectivity index (χ3v) is 3.38. The number of nitrogens with one attached hydrogen (secondary N) is 2. The van der Waals surface area contributed by atoms with Crippen molar-refractivity contribution < 1.29 is 0 Å². The lowest BCUT2D eigenvalue weighted by molar-refractivity contribution is 0.924. The van der Waals surface area contributed by atoms with Gasteiger partial charge in [-0.25, -0.2) is 4.98 Å². The SMILES string of the molecule is c1ccc2c(Cc3nc(C4CC4)n[nH]3)[nH]nc2c1. The molecule has 5 heteroatoms. The topological polar surface area (TPSA) is 70.2 Å². The maximum absolute atomic E-state index is 4.54. The molecule has 4 rings (SSSR count). The van der Waals surface area contributed by atoms with Gasteiger partial charge in [-0.05, 0) is 18.9 Å².